The van der Waals surface area contributed by atoms with E-state index < -0.39 is 29.6 Å². The number of hydrogen-bond acceptors (Lipinski definition) is 5. The van der Waals surface area contributed by atoms with E-state index in [1.54, 1.807) is 14.2 Å². The number of likely N-dealkylation sites (tertiary alicyclic amines) is 1. The normalized spacial score (nSPS) is 22.7. The summed E-state index contributed by atoms with van der Waals surface area (Å²) in [6.07, 6.45) is -2.48. The number of benzene rings is 2. The number of ether oxygens (including phenoxy) is 2. The number of anilines is 1. The van der Waals surface area contributed by atoms with Crippen molar-refractivity contribution in [1.29, 1.82) is 0 Å². The topological polar surface area (TPSA) is 100 Å². The number of aliphatic carboxylic acids is 1. The third-order valence-corrected chi connectivity index (χ3v) is 7.15. The maximum absolute atomic E-state index is 13.7. The van der Waals surface area contributed by atoms with Gasteiger partial charge in [0.05, 0.1) is 19.8 Å². The summed E-state index contributed by atoms with van der Waals surface area (Å²) < 4.78 is 63.4. The number of urea groups is 1. The molecule has 214 valence electrons. The molecule has 0 radical (unpaired) electrons. The highest BCUT2D eigenvalue weighted by Crippen LogP contribution is 2.49. The van der Waals surface area contributed by atoms with Crippen LogP contribution >= 0.6 is 0 Å². The molecule has 2 aliphatic rings. The fraction of sp³-hybridized carbons (Fsp3) is 0.481. The average molecular weight is 556 g/mol. The number of nitrogens with zero attached hydrogens (tertiary/aromatic N) is 1. The highest BCUT2D eigenvalue weighted by molar-refractivity contribution is 5.89. The Morgan fingerprint density at radius 1 is 1.10 bits per heavy atom. The van der Waals surface area contributed by atoms with Gasteiger partial charge < -0.3 is 30.1 Å². The lowest BCUT2D eigenvalue weighted by atomic mass is 9.63. The lowest BCUT2D eigenvalue weighted by molar-refractivity contribution is -0.138. The first-order chi connectivity index (χ1) is 18.3. The van der Waals surface area contributed by atoms with E-state index in [-0.39, 0.29) is 23.1 Å². The van der Waals surface area contributed by atoms with Crippen molar-refractivity contribution in [2.75, 3.05) is 39.7 Å². The van der Waals surface area contributed by atoms with Crippen LogP contribution in [0, 0.1) is 11.7 Å². The number of halogens is 4. The number of likely N-dealkylation sites (N-methyl/N-ethyl adjacent to an activating group) is 1. The van der Waals surface area contributed by atoms with Crippen LogP contribution in [0.4, 0.5) is 28.0 Å². The van der Waals surface area contributed by atoms with Gasteiger partial charge in [-0.05, 0) is 68.1 Å². The number of alkyl halides is 3. The quantitative estimate of drug-likeness (QED) is 0.443. The zero-order chi connectivity index (χ0) is 29.0. The van der Waals surface area contributed by atoms with Crippen LogP contribution in [0.25, 0.3) is 0 Å². The Labute approximate surface area is 224 Å². The molecule has 0 bridgehead atoms. The number of carbonyl (C=O) groups excluding carboxylic acids is 1. The molecule has 2 aromatic rings. The van der Waals surface area contributed by atoms with Gasteiger partial charge in [-0.3, -0.25) is 4.79 Å². The number of hydrogen-bond donors (Lipinski definition) is 3. The Kier molecular flexibility index (Phi) is 9.31. The summed E-state index contributed by atoms with van der Waals surface area (Å²) in [6, 6.07) is 7.17. The number of methoxy groups -OCH3 is 2. The van der Waals surface area contributed by atoms with Crippen LogP contribution in [-0.4, -0.2) is 62.4 Å². The summed E-state index contributed by atoms with van der Waals surface area (Å²) in [5.41, 5.74) is -0.343. The van der Waals surface area contributed by atoms with Crippen molar-refractivity contribution in [3.05, 3.63) is 53.3 Å². The van der Waals surface area contributed by atoms with E-state index in [2.05, 4.69) is 28.6 Å². The lowest BCUT2D eigenvalue weighted by Crippen LogP contribution is -2.48. The number of carboxylic acid groups (broad SMARTS) is 1. The number of amides is 2. The molecule has 39 heavy (non-hydrogen) atoms. The highest BCUT2D eigenvalue weighted by atomic mass is 19.4. The monoisotopic (exact) mass is 555 g/mol. The zero-order valence-corrected chi connectivity index (χ0v) is 22.2. The molecular weight excluding hydrogens is 522 g/mol. The lowest BCUT2D eigenvalue weighted by Gasteiger charge is -2.42. The molecule has 2 fully saturated rings. The van der Waals surface area contributed by atoms with E-state index in [1.807, 2.05) is 12.1 Å². The molecule has 4 rings (SSSR count). The molecule has 3 atom stereocenters. The minimum absolute atomic E-state index is 0.104. The Bertz CT molecular complexity index is 1190. The first-order valence-corrected chi connectivity index (χ1v) is 12.3. The van der Waals surface area contributed by atoms with Gasteiger partial charge in [-0.15, -0.1) is 0 Å². The van der Waals surface area contributed by atoms with Crippen molar-refractivity contribution >= 4 is 17.7 Å². The van der Waals surface area contributed by atoms with Crippen molar-refractivity contribution in [1.82, 2.24) is 10.2 Å². The van der Waals surface area contributed by atoms with Crippen molar-refractivity contribution in [2.45, 2.75) is 43.8 Å². The average Bonchev–Trinajstić information content (AvgIpc) is 3.18. The van der Waals surface area contributed by atoms with E-state index in [4.69, 9.17) is 19.4 Å². The smallest absolute Gasteiger partial charge is 0.416 e. The van der Waals surface area contributed by atoms with Crippen LogP contribution in [0.15, 0.2) is 36.4 Å². The predicted molar refractivity (Wildman–Crippen MR) is 137 cm³/mol. The van der Waals surface area contributed by atoms with Crippen LogP contribution in [-0.2, 0) is 16.4 Å². The number of nitrogens with one attached hydrogen (secondary N) is 2. The van der Waals surface area contributed by atoms with E-state index in [9.17, 15) is 22.4 Å². The molecule has 3 N–H and O–H groups in total. The number of carboxylic acids is 1. The predicted octanol–water partition coefficient (Wildman–Crippen LogP) is 5.13. The number of carbonyl (C=O) groups is 2. The fourth-order valence-electron chi connectivity index (χ4n) is 5.63. The third-order valence-electron chi connectivity index (χ3n) is 7.15. The van der Waals surface area contributed by atoms with E-state index in [1.165, 1.54) is 0 Å². The Hall–Kier alpha value is -3.54. The molecule has 12 heteroatoms. The molecule has 1 saturated carbocycles. The number of rotatable bonds is 5. The Balaban J connectivity index is 0.000000983. The zero-order valence-electron chi connectivity index (χ0n) is 22.2. The van der Waals surface area contributed by atoms with Crippen molar-refractivity contribution in [3.8, 4) is 11.5 Å². The van der Waals surface area contributed by atoms with Crippen LogP contribution < -0.4 is 20.1 Å². The Morgan fingerprint density at radius 3 is 2.38 bits per heavy atom. The van der Waals surface area contributed by atoms with Gasteiger partial charge in [-0.25, -0.2) is 9.18 Å². The fourth-order valence-corrected chi connectivity index (χ4v) is 5.63. The van der Waals surface area contributed by atoms with Crippen molar-refractivity contribution in [2.24, 2.45) is 5.92 Å². The third kappa shape index (κ3) is 7.31. The largest absolute Gasteiger partial charge is 0.493 e. The molecule has 8 nitrogen and oxygen atoms in total. The van der Waals surface area contributed by atoms with Gasteiger partial charge in [-0.2, -0.15) is 13.2 Å². The molecule has 2 aromatic carbocycles. The maximum atomic E-state index is 13.7. The molecular formula is C27H33F4N3O5. The van der Waals surface area contributed by atoms with Gasteiger partial charge in [0.1, 0.15) is 5.82 Å². The van der Waals surface area contributed by atoms with Crippen molar-refractivity contribution < 1.29 is 41.7 Å². The summed E-state index contributed by atoms with van der Waals surface area (Å²) >= 11 is 0. The molecule has 3 unspecified atom stereocenters. The molecule has 0 aromatic heterocycles. The second-order valence-corrected chi connectivity index (χ2v) is 9.93. The van der Waals surface area contributed by atoms with Gasteiger partial charge in [-0.1, -0.05) is 6.07 Å². The first-order valence-electron chi connectivity index (χ1n) is 12.3. The van der Waals surface area contributed by atoms with Gasteiger partial charge in [0.25, 0.3) is 5.97 Å². The summed E-state index contributed by atoms with van der Waals surface area (Å²) in [5, 5.41) is 12.6. The van der Waals surface area contributed by atoms with Gasteiger partial charge in [0.2, 0.25) is 0 Å². The minimum Gasteiger partial charge on any atom is -0.493 e. The van der Waals surface area contributed by atoms with E-state index in [0.29, 0.717) is 30.4 Å². The molecule has 0 spiro atoms. The van der Waals surface area contributed by atoms with Crippen LogP contribution in [0.3, 0.4) is 0 Å². The van der Waals surface area contributed by atoms with Crippen LogP contribution in [0.5, 0.6) is 11.5 Å². The summed E-state index contributed by atoms with van der Waals surface area (Å²) in [4.78, 5) is 23.8. The minimum atomic E-state index is -4.71. The number of fused-ring (bicyclic) bond motifs is 1. The standard InChI is InChI=1S/C25H29F4N3O3.C2H4O2/c1-32-13-17-10-19(30-23(33)31-20-9-16(25(27,28)29)8-18(26)12-20)6-7-24(17,14-32)15-4-5-21(34-2)22(11-15)35-3;1-2(3)4/h4-5,8-9,11-12,17,19H,6-7,10,13-14H2,1-3H3,(H2,30,31,33);1H3,(H,3,4). The van der Waals surface area contributed by atoms with Gasteiger partial charge >= 0.3 is 12.2 Å². The van der Waals surface area contributed by atoms with E-state index >= 15 is 0 Å². The molecule has 1 aliphatic heterocycles. The van der Waals surface area contributed by atoms with Gasteiger partial charge in [0, 0.05) is 37.2 Å². The first kappa shape index (κ1) is 30.0. The van der Waals surface area contributed by atoms with Crippen LogP contribution in [0.2, 0.25) is 0 Å². The molecule has 1 aliphatic carbocycles. The SMILES string of the molecule is CC(=O)O.COc1ccc(C23CCC(NC(=O)Nc4cc(F)cc(C(F)(F)F)c4)CC2CN(C)C3)cc1OC. The molecule has 2 amide bonds. The summed E-state index contributed by atoms with van der Waals surface area (Å²) in [7, 11) is 5.27. The molecule has 1 heterocycles. The Morgan fingerprint density at radius 2 is 1.77 bits per heavy atom. The van der Waals surface area contributed by atoms with E-state index in [0.717, 1.165) is 44.1 Å². The second-order valence-electron chi connectivity index (χ2n) is 9.93. The second kappa shape index (κ2) is 12.1. The van der Waals surface area contributed by atoms with Gasteiger partial charge in [0.15, 0.2) is 11.5 Å². The van der Waals surface area contributed by atoms with Crippen LogP contribution in [0.1, 0.15) is 37.3 Å². The molecule has 1 saturated heterocycles. The van der Waals surface area contributed by atoms with Crippen molar-refractivity contribution in [3.63, 3.8) is 0 Å². The highest BCUT2D eigenvalue weighted by Gasteiger charge is 2.50. The summed E-state index contributed by atoms with van der Waals surface area (Å²) in [6.45, 7) is 2.81. The maximum Gasteiger partial charge on any atom is 0.416 e. The summed E-state index contributed by atoms with van der Waals surface area (Å²) in [5.74, 6) is -0.314.